The molecule has 1 amide bonds. The van der Waals surface area contributed by atoms with Crippen LogP contribution in [-0.4, -0.2) is 48.0 Å². The fraction of sp³-hybridized carbons (Fsp3) is 0.500. The monoisotopic (exact) mass is 446 g/mol. The van der Waals surface area contributed by atoms with Crippen LogP contribution in [0.15, 0.2) is 48.7 Å². The predicted octanol–water partition coefficient (Wildman–Crippen LogP) is 4.10. The van der Waals surface area contributed by atoms with Crippen molar-refractivity contribution in [3.63, 3.8) is 0 Å². The Hall–Kier alpha value is -2.61. The molecule has 0 radical (unpaired) electrons. The van der Waals surface area contributed by atoms with Gasteiger partial charge in [-0.25, -0.2) is 4.98 Å². The van der Waals surface area contributed by atoms with Gasteiger partial charge in [0.15, 0.2) is 0 Å². The molecule has 1 atom stereocenters. The van der Waals surface area contributed by atoms with Crippen molar-refractivity contribution in [3.05, 3.63) is 59.8 Å². The van der Waals surface area contributed by atoms with Gasteiger partial charge in [0.1, 0.15) is 5.82 Å². The zero-order valence-electron chi connectivity index (χ0n) is 18.0. The first-order valence-electron chi connectivity index (χ1n) is 11.2. The molecule has 0 spiro atoms. The van der Waals surface area contributed by atoms with Gasteiger partial charge >= 0.3 is 6.18 Å². The van der Waals surface area contributed by atoms with Crippen LogP contribution < -0.4 is 10.2 Å². The van der Waals surface area contributed by atoms with Gasteiger partial charge in [-0.3, -0.25) is 9.69 Å². The summed E-state index contributed by atoms with van der Waals surface area (Å²) >= 11 is 0. The van der Waals surface area contributed by atoms with Crippen molar-refractivity contribution in [2.45, 2.75) is 44.4 Å². The molecule has 1 aromatic heterocycles. The summed E-state index contributed by atoms with van der Waals surface area (Å²) in [4.78, 5) is 21.2. The van der Waals surface area contributed by atoms with E-state index in [-0.39, 0.29) is 17.9 Å². The summed E-state index contributed by atoms with van der Waals surface area (Å²) in [6.45, 7) is 3.97. The Morgan fingerprint density at radius 3 is 2.44 bits per heavy atom. The fourth-order valence-electron chi connectivity index (χ4n) is 4.57. The maximum Gasteiger partial charge on any atom is 0.417 e. The topological polar surface area (TPSA) is 48.5 Å². The molecule has 32 heavy (non-hydrogen) atoms. The van der Waals surface area contributed by atoms with E-state index in [0.717, 1.165) is 57.6 Å². The Morgan fingerprint density at radius 2 is 1.78 bits per heavy atom. The molecule has 0 bridgehead atoms. The van der Waals surface area contributed by atoms with E-state index >= 15 is 0 Å². The van der Waals surface area contributed by atoms with E-state index < -0.39 is 11.7 Å². The smallest absolute Gasteiger partial charge is 0.356 e. The number of carbonyl (C=O) groups is 1. The van der Waals surface area contributed by atoms with Gasteiger partial charge in [-0.05, 0) is 49.9 Å². The number of likely N-dealkylation sites (tertiary alicyclic amines) is 1. The molecule has 4 rings (SSSR count). The van der Waals surface area contributed by atoms with Crippen LogP contribution in [-0.2, 0) is 17.5 Å². The Bertz CT molecular complexity index is 880. The van der Waals surface area contributed by atoms with Gasteiger partial charge in [-0.2, -0.15) is 13.2 Å². The Labute approximate surface area is 186 Å². The van der Waals surface area contributed by atoms with E-state index in [1.165, 1.54) is 11.6 Å². The number of anilines is 1. The number of hydrogen-bond acceptors (Lipinski definition) is 4. The first-order chi connectivity index (χ1) is 15.4. The highest BCUT2D eigenvalue weighted by Crippen LogP contribution is 2.30. The van der Waals surface area contributed by atoms with Gasteiger partial charge in [-0.15, -0.1) is 0 Å². The number of benzene rings is 1. The van der Waals surface area contributed by atoms with Crippen LogP contribution in [0.1, 0.15) is 36.8 Å². The van der Waals surface area contributed by atoms with Crippen LogP contribution in [0.25, 0.3) is 0 Å². The van der Waals surface area contributed by atoms with Crippen LogP contribution in [0.2, 0.25) is 0 Å². The minimum atomic E-state index is -4.38. The average Bonchev–Trinajstić information content (AvgIpc) is 2.80. The normalized spacial score (nSPS) is 20.8. The van der Waals surface area contributed by atoms with E-state index in [1.807, 2.05) is 23.1 Å². The van der Waals surface area contributed by atoms with Gasteiger partial charge in [-0.1, -0.05) is 30.3 Å². The van der Waals surface area contributed by atoms with Gasteiger partial charge in [0, 0.05) is 38.4 Å². The number of alkyl halides is 3. The third kappa shape index (κ3) is 5.79. The van der Waals surface area contributed by atoms with Crippen LogP contribution in [0.4, 0.5) is 19.0 Å². The van der Waals surface area contributed by atoms with Crippen molar-refractivity contribution >= 4 is 11.7 Å². The molecular weight excluding hydrogens is 417 g/mol. The fourth-order valence-corrected chi connectivity index (χ4v) is 4.57. The maximum absolute atomic E-state index is 12.9. The summed E-state index contributed by atoms with van der Waals surface area (Å²) in [6.07, 6.45) is -0.0513. The highest BCUT2D eigenvalue weighted by molar-refractivity contribution is 5.79. The second kappa shape index (κ2) is 9.90. The summed E-state index contributed by atoms with van der Waals surface area (Å²) < 4.78 is 38.2. The highest BCUT2D eigenvalue weighted by Gasteiger charge is 2.32. The number of carbonyl (C=O) groups excluding carboxylic acids is 1. The van der Waals surface area contributed by atoms with E-state index in [1.54, 1.807) is 0 Å². The molecule has 2 aliphatic rings. The van der Waals surface area contributed by atoms with Gasteiger partial charge in [0.25, 0.3) is 0 Å². The lowest BCUT2D eigenvalue weighted by molar-refractivity contribution is -0.137. The molecule has 2 fully saturated rings. The van der Waals surface area contributed by atoms with E-state index in [4.69, 9.17) is 0 Å². The SMILES string of the molecule is O=C(NC1CCN(c2ccc(C(F)(F)F)cn2)CC1)[C@@H]1CCCN(Cc2ccccc2)C1. The zero-order valence-corrected chi connectivity index (χ0v) is 18.0. The van der Waals surface area contributed by atoms with Crippen LogP contribution >= 0.6 is 0 Å². The minimum absolute atomic E-state index is 0.00192. The molecule has 172 valence electrons. The lowest BCUT2D eigenvalue weighted by Crippen LogP contribution is -2.49. The largest absolute Gasteiger partial charge is 0.417 e. The van der Waals surface area contributed by atoms with Crippen molar-refractivity contribution in [1.29, 1.82) is 0 Å². The van der Waals surface area contributed by atoms with E-state index in [2.05, 4.69) is 27.3 Å². The minimum Gasteiger partial charge on any atom is -0.356 e. The number of hydrogen-bond donors (Lipinski definition) is 1. The van der Waals surface area contributed by atoms with Crippen molar-refractivity contribution in [3.8, 4) is 0 Å². The number of nitrogens with one attached hydrogen (secondary N) is 1. The van der Waals surface area contributed by atoms with Crippen LogP contribution in [0, 0.1) is 5.92 Å². The summed E-state index contributed by atoms with van der Waals surface area (Å²) in [5, 5.41) is 3.21. The predicted molar refractivity (Wildman–Crippen MR) is 117 cm³/mol. The molecule has 1 aromatic carbocycles. The molecule has 0 saturated carbocycles. The molecule has 0 unspecified atom stereocenters. The Balaban J connectivity index is 1.24. The third-order valence-electron chi connectivity index (χ3n) is 6.37. The van der Waals surface area contributed by atoms with Gasteiger partial charge < -0.3 is 10.2 Å². The van der Waals surface area contributed by atoms with Crippen LogP contribution in [0.3, 0.4) is 0 Å². The number of amides is 1. The summed E-state index contributed by atoms with van der Waals surface area (Å²) in [7, 11) is 0. The Morgan fingerprint density at radius 1 is 1.03 bits per heavy atom. The molecule has 2 aromatic rings. The molecule has 5 nitrogen and oxygen atoms in total. The number of pyridine rings is 1. The molecule has 2 saturated heterocycles. The molecule has 1 N–H and O–H groups in total. The Kier molecular flexibility index (Phi) is 6.98. The van der Waals surface area contributed by atoms with Crippen molar-refractivity contribution in [2.24, 2.45) is 5.92 Å². The molecule has 8 heteroatoms. The highest BCUT2D eigenvalue weighted by atomic mass is 19.4. The summed E-state index contributed by atoms with van der Waals surface area (Å²) in [5.74, 6) is 0.669. The van der Waals surface area contributed by atoms with E-state index in [9.17, 15) is 18.0 Å². The number of halogens is 3. The lowest BCUT2D eigenvalue weighted by Gasteiger charge is -2.36. The molecular formula is C24H29F3N4O. The standard InChI is InChI=1S/C24H29F3N4O/c25-24(26,27)20-8-9-22(28-15-20)31-13-10-21(11-14-31)29-23(32)19-7-4-12-30(17-19)16-18-5-2-1-3-6-18/h1-3,5-6,8-9,15,19,21H,4,7,10-14,16-17H2,(H,29,32)/t19-/m1/s1. The van der Waals surface area contributed by atoms with E-state index in [0.29, 0.717) is 18.9 Å². The second-order valence-corrected chi connectivity index (χ2v) is 8.73. The number of aromatic nitrogens is 1. The first kappa shape index (κ1) is 22.6. The number of nitrogens with zero attached hydrogens (tertiary/aromatic N) is 3. The van der Waals surface area contributed by atoms with Gasteiger partial charge in [0.05, 0.1) is 11.5 Å². The number of piperidine rings is 2. The van der Waals surface area contributed by atoms with Crippen molar-refractivity contribution in [1.82, 2.24) is 15.2 Å². The zero-order chi connectivity index (χ0) is 22.6. The molecule has 2 aliphatic heterocycles. The molecule has 3 heterocycles. The third-order valence-corrected chi connectivity index (χ3v) is 6.37. The van der Waals surface area contributed by atoms with Crippen molar-refractivity contribution < 1.29 is 18.0 Å². The lowest BCUT2D eigenvalue weighted by atomic mass is 9.95. The molecule has 0 aliphatic carbocycles. The van der Waals surface area contributed by atoms with Crippen molar-refractivity contribution in [2.75, 3.05) is 31.1 Å². The van der Waals surface area contributed by atoms with Crippen LogP contribution in [0.5, 0.6) is 0 Å². The summed E-state index contributed by atoms with van der Waals surface area (Å²) in [5.41, 5.74) is 0.523. The second-order valence-electron chi connectivity index (χ2n) is 8.73. The first-order valence-corrected chi connectivity index (χ1v) is 11.2. The maximum atomic E-state index is 12.9. The quantitative estimate of drug-likeness (QED) is 0.752. The average molecular weight is 447 g/mol. The summed E-state index contributed by atoms with van der Waals surface area (Å²) in [6, 6.07) is 12.9. The number of rotatable bonds is 5. The van der Waals surface area contributed by atoms with Gasteiger partial charge in [0.2, 0.25) is 5.91 Å².